The van der Waals surface area contributed by atoms with Crippen LogP contribution in [-0.2, 0) is 19.2 Å². The van der Waals surface area contributed by atoms with Gasteiger partial charge in [0.2, 0.25) is 11.8 Å². The van der Waals surface area contributed by atoms with Crippen molar-refractivity contribution in [2.24, 2.45) is 11.8 Å². The van der Waals surface area contributed by atoms with Crippen LogP contribution in [0.2, 0.25) is 10.0 Å². The van der Waals surface area contributed by atoms with E-state index in [0.717, 1.165) is 33.4 Å². The molecule has 0 N–H and O–H groups in total. The van der Waals surface area contributed by atoms with Crippen LogP contribution in [0, 0.1) is 39.5 Å². The van der Waals surface area contributed by atoms with Gasteiger partial charge in [-0.15, -0.1) is 0 Å². The Morgan fingerprint density at radius 3 is 1.12 bits per heavy atom. The second kappa shape index (κ2) is 11.1. The SMILES string of the molecule is Cc1ccc(N2C(=O)C3C(C2=O)N2C(c4ccc(Cl)cc4)C4C(=O)N(c5ccc(C)c(C)c5)C(=O)C4N2C3c2ccc(Cl)cc2)cc1C. The van der Waals surface area contributed by atoms with Crippen LogP contribution in [0.3, 0.4) is 0 Å². The summed E-state index contributed by atoms with van der Waals surface area (Å²) in [6.07, 6.45) is 0. The molecular formula is C38H32Cl2N4O4. The number of hydrazine groups is 1. The highest BCUT2D eigenvalue weighted by atomic mass is 35.5. The number of aryl methyl sites for hydroxylation is 4. The zero-order chi connectivity index (χ0) is 33.8. The molecule has 8 nitrogen and oxygen atoms in total. The van der Waals surface area contributed by atoms with E-state index in [1.807, 2.05) is 86.2 Å². The summed E-state index contributed by atoms with van der Waals surface area (Å²) in [5.41, 5.74) is 6.45. The molecule has 4 amide bonds. The topological polar surface area (TPSA) is 81.2 Å². The van der Waals surface area contributed by atoms with Gasteiger partial charge < -0.3 is 0 Å². The Balaban J connectivity index is 1.33. The van der Waals surface area contributed by atoms with Crippen LogP contribution in [0.4, 0.5) is 11.4 Å². The van der Waals surface area contributed by atoms with E-state index in [4.69, 9.17) is 23.2 Å². The molecule has 10 heteroatoms. The Morgan fingerprint density at radius 1 is 0.438 bits per heavy atom. The number of carbonyl (C=O) groups is 4. The number of carbonyl (C=O) groups excluding carboxylic acids is 4. The van der Waals surface area contributed by atoms with Crippen LogP contribution >= 0.6 is 23.2 Å². The molecular weight excluding hydrogens is 647 g/mol. The Morgan fingerprint density at radius 2 is 0.792 bits per heavy atom. The van der Waals surface area contributed by atoms with E-state index in [9.17, 15) is 19.2 Å². The van der Waals surface area contributed by atoms with Crippen molar-refractivity contribution >= 4 is 58.2 Å². The van der Waals surface area contributed by atoms with Crippen molar-refractivity contribution < 1.29 is 19.2 Å². The van der Waals surface area contributed by atoms with Crippen molar-refractivity contribution in [2.75, 3.05) is 9.80 Å². The quantitative estimate of drug-likeness (QED) is 0.224. The standard InChI is InChI=1S/C38H32Cl2N4O4/c1-19-5-15-27(17-21(19)3)41-35(45)29-31(23-7-11-25(39)12-8-23)44-34-30(36(46)42(38(34)48)28-16-6-20(2)22(4)18-28)32(43(44)33(29)37(41)47)24-9-13-26(40)14-10-24/h5-18,29-34H,1-4H3. The summed E-state index contributed by atoms with van der Waals surface area (Å²) in [6.45, 7) is 7.84. The van der Waals surface area contributed by atoms with Gasteiger partial charge in [0.25, 0.3) is 11.8 Å². The van der Waals surface area contributed by atoms with E-state index in [-0.39, 0.29) is 23.6 Å². The van der Waals surface area contributed by atoms with E-state index in [2.05, 4.69) is 0 Å². The van der Waals surface area contributed by atoms with Gasteiger partial charge in [-0.2, -0.15) is 0 Å². The summed E-state index contributed by atoms with van der Waals surface area (Å²) in [6, 6.07) is 22.0. The molecule has 4 saturated heterocycles. The number of hydrogen-bond acceptors (Lipinski definition) is 6. The molecule has 8 rings (SSSR count). The molecule has 4 aliphatic rings. The van der Waals surface area contributed by atoms with Gasteiger partial charge in [-0.3, -0.25) is 19.2 Å². The minimum Gasteiger partial charge on any atom is -0.274 e. The highest BCUT2D eigenvalue weighted by Crippen LogP contribution is 2.60. The maximum absolute atomic E-state index is 14.7. The Labute approximate surface area is 288 Å². The fourth-order valence-corrected chi connectivity index (χ4v) is 8.31. The van der Waals surface area contributed by atoms with Gasteiger partial charge in [0.15, 0.2) is 0 Å². The molecule has 0 aliphatic carbocycles. The number of halogens is 2. The number of nitrogens with zero attached hydrogens (tertiary/aromatic N) is 4. The molecule has 4 fully saturated rings. The zero-order valence-electron chi connectivity index (χ0n) is 26.7. The van der Waals surface area contributed by atoms with Crippen molar-refractivity contribution in [2.45, 2.75) is 51.9 Å². The number of amides is 4. The monoisotopic (exact) mass is 678 g/mol. The number of hydrogen-bond donors (Lipinski definition) is 0. The molecule has 242 valence electrons. The molecule has 0 saturated carbocycles. The first kappa shape index (κ1) is 31.0. The highest BCUT2D eigenvalue weighted by molar-refractivity contribution is 6.31. The molecule has 4 aromatic rings. The Bertz CT molecular complexity index is 1900. The van der Waals surface area contributed by atoms with Crippen molar-refractivity contribution in [3.05, 3.63) is 128 Å². The number of rotatable bonds is 4. The number of anilines is 2. The lowest BCUT2D eigenvalue weighted by atomic mass is 9.84. The highest BCUT2D eigenvalue weighted by Gasteiger charge is 2.73. The molecule has 4 heterocycles. The Hall–Kier alpha value is -4.34. The van der Waals surface area contributed by atoms with Gasteiger partial charge >= 0.3 is 0 Å². The predicted octanol–water partition coefficient (Wildman–Crippen LogP) is 6.67. The summed E-state index contributed by atoms with van der Waals surface area (Å²) in [5.74, 6) is -3.18. The average molecular weight is 680 g/mol. The van der Waals surface area contributed by atoms with E-state index >= 15 is 0 Å². The second-order valence-corrected chi connectivity index (χ2v) is 14.1. The van der Waals surface area contributed by atoms with Gasteiger partial charge in [-0.25, -0.2) is 19.8 Å². The van der Waals surface area contributed by atoms with E-state index < -0.39 is 36.0 Å². The number of imide groups is 2. The van der Waals surface area contributed by atoms with Gasteiger partial charge in [0, 0.05) is 10.0 Å². The van der Waals surface area contributed by atoms with Crippen molar-refractivity contribution in [1.82, 2.24) is 10.0 Å². The summed E-state index contributed by atoms with van der Waals surface area (Å²) >= 11 is 12.6. The lowest BCUT2D eigenvalue weighted by Crippen LogP contribution is -2.50. The van der Waals surface area contributed by atoms with E-state index in [0.29, 0.717) is 21.4 Å². The lowest BCUT2D eigenvalue weighted by Gasteiger charge is -2.36. The molecule has 0 bridgehead atoms. The average Bonchev–Trinajstić information content (AvgIpc) is 3.72. The van der Waals surface area contributed by atoms with Crippen LogP contribution in [0.5, 0.6) is 0 Å². The summed E-state index contributed by atoms with van der Waals surface area (Å²) in [4.78, 5) is 61.1. The maximum Gasteiger partial charge on any atom is 0.253 e. The van der Waals surface area contributed by atoms with E-state index in [1.165, 1.54) is 9.80 Å². The molecule has 6 unspecified atom stereocenters. The third kappa shape index (κ3) is 4.36. The van der Waals surface area contributed by atoms with Crippen LogP contribution in [0.25, 0.3) is 0 Å². The normalized spacial score (nSPS) is 26.9. The van der Waals surface area contributed by atoms with Gasteiger partial charge in [0.1, 0.15) is 12.1 Å². The molecule has 6 atom stereocenters. The number of benzene rings is 4. The van der Waals surface area contributed by atoms with Crippen LogP contribution in [-0.4, -0.2) is 45.7 Å². The maximum atomic E-state index is 14.7. The smallest absolute Gasteiger partial charge is 0.253 e. The third-order valence-corrected chi connectivity index (χ3v) is 11.1. The van der Waals surface area contributed by atoms with Crippen molar-refractivity contribution in [3.63, 3.8) is 0 Å². The Kier molecular flexibility index (Phi) is 7.16. The minimum absolute atomic E-state index is 0.350. The van der Waals surface area contributed by atoms with Gasteiger partial charge in [0.05, 0.1) is 35.3 Å². The summed E-state index contributed by atoms with van der Waals surface area (Å²) in [7, 11) is 0. The first-order chi connectivity index (χ1) is 23.0. The minimum atomic E-state index is -0.957. The third-order valence-electron chi connectivity index (χ3n) is 10.6. The molecule has 0 aromatic heterocycles. The van der Waals surface area contributed by atoms with Crippen molar-refractivity contribution in [1.29, 1.82) is 0 Å². The van der Waals surface area contributed by atoms with Crippen LogP contribution in [0.1, 0.15) is 45.5 Å². The summed E-state index contributed by atoms with van der Waals surface area (Å²) in [5, 5.41) is 4.75. The van der Waals surface area contributed by atoms with E-state index in [1.54, 1.807) is 36.4 Å². The fraction of sp³-hybridized carbons (Fsp3) is 0.263. The molecule has 0 radical (unpaired) electrons. The molecule has 0 spiro atoms. The first-order valence-corrected chi connectivity index (χ1v) is 16.7. The molecule has 48 heavy (non-hydrogen) atoms. The lowest BCUT2D eigenvalue weighted by molar-refractivity contribution is -0.136. The predicted molar refractivity (Wildman–Crippen MR) is 183 cm³/mol. The number of fused-ring (bicyclic) bond motifs is 5. The van der Waals surface area contributed by atoms with Crippen molar-refractivity contribution in [3.8, 4) is 0 Å². The second-order valence-electron chi connectivity index (χ2n) is 13.3. The first-order valence-electron chi connectivity index (χ1n) is 16.0. The summed E-state index contributed by atoms with van der Waals surface area (Å²) < 4.78 is 0. The zero-order valence-corrected chi connectivity index (χ0v) is 28.2. The molecule has 4 aromatic carbocycles. The van der Waals surface area contributed by atoms with Crippen LogP contribution < -0.4 is 9.80 Å². The fourth-order valence-electron chi connectivity index (χ4n) is 8.06. The van der Waals surface area contributed by atoms with Crippen LogP contribution in [0.15, 0.2) is 84.9 Å². The largest absolute Gasteiger partial charge is 0.274 e. The molecule has 4 aliphatic heterocycles. The van der Waals surface area contributed by atoms with Gasteiger partial charge in [-0.05, 0) is 110 Å². The van der Waals surface area contributed by atoms with Gasteiger partial charge in [-0.1, -0.05) is 59.6 Å².